The lowest BCUT2D eigenvalue weighted by Gasteiger charge is -2.38. The zero-order valence-corrected chi connectivity index (χ0v) is 17.4. The summed E-state index contributed by atoms with van der Waals surface area (Å²) in [5.41, 5.74) is 2.54. The number of rotatable bonds is 6. The van der Waals surface area contributed by atoms with Gasteiger partial charge in [-0.25, -0.2) is 0 Å². The molecule has 4 rings (SSSR count). The van der Waals surface area contributed by atoms with Crippen molar-refractivity contribution in [3.8, 4) is 0 Å². The Kier molecular flexibility index (Phi) is 6.73. The molecule has 0 N–H and O–H groups in total. The minimum absolute atomic E-state index is 0.866. The van der Waals surface area contributed by atoms with Crippen LogP contribution in [0.15, 0.2) is 54.6 Å². The van der Waals surface area contributed by atoms with Gasteiger partial charge in [0.25, 0.3) is 0 Å². The highest BCUT2D eigenvalue weighted by Crippen LogP contribution is 2.26. The van der Waals surface area contributed by atoms with Crippen molar-refractivity contribution in [3.05, 3.63) is 59.6 Å². The van der Waals surface area contributed by atoms with Crippen LogP contribution in [0.2, 0.25) is 5.02 Å². The van der Waals surface area contributed by atoms with Gasteiger partial charge in [0.2, 0.25) is 0 Å². The van der Waals surface area contributed by atoms with E-state index in [0.717, 1.165) is 44.3 Å². The Bertz CT molecular complexity index is 722. The molecule has 0 amide bonds. The molecule has 0 aliphatic carbocycles. The maximum Gasteiger partial charge on any atom is 0.0639 e. The summed E-state index contributed by atoms with van der Waals surface area (Å²) in [5, 5.41) is 0.866. The molecule has 0 unspecified atom stereocenters. The lowest BCUT2D eigenvalue weighted by molar-refractivity contribution is 0.213. The number of hydrogen-bond donors (Lipinski definition) is 0. The number of halogens is 1. The Morgan fingerprint density at radius 3 is 1.75 bits per heavy atom. The first-order chi connectivity index (χ1) is 13.8. The Balaban J connectivity index is 1.14. The van der Waals surface area contributed by atoms with Gasteiger partial charge < -0.3 is 9.80 Å². The molecule has 2 aliphatic rings. The van der Waals surface area contributed by atoms with Gasteiger partial charge in [0, 0.05) is 58.0 Å². The van der Waals surface area contributed by atoms with Gasteiger partial charge >= 0.3 is 0 Å². The molecule has 0 spiro atoms. The van der Waals surface area contributed by atoms with E-state index >= 15 is 0 Å². The quantitative estimate of drug-likeness (QED) is 0.735. The monoisotopic (exact) mass is 398 g/mol. The molecule has 0 aromatic heterocycles. The van der Waals surface area contributed by atoms with Crippen LogP contribution in [0.25, 0.3) is 0 Å². The van der Waals surface area contributed by atoms with Gasteiger partial charge in [-0.05, 0) is 43.8 Å². The summed E-state index contributed by atoms with van der Waals surface area (Å²) >= 11 is 6.35. The fraction of sp³-hybridized carbons (Fsp3) is 0.478. The van der Waals surface area contributed by atoms with Crippen LogP contribution in [-0.4, -0.2) is 75.2 Å². The van der Waals surface area contributed by atoms with Crippen molar-refractivity contribution in [2.75, 3.05) is 75.2 Å². The number of benzene rings is 2. The molecule has 0 bridgehead atoms. The third kappa shape index (κ3) is 4.99. The van der Waals surface area contributed by atoms with E-state index < -0.39 is 0 Å². The molecular weight excluding hydrogens is 368 g/mol. The van der Waals surface area contributed by atoms with Crippen LogP contribution in [0.4, 0.5) is 11.4 Å². The molecule has 2 heterocycles. The Morgan fingerprint density at radius 2 is 1.14 bits per heavy atom. The minimum Gasteiger partial charge on any atom is -0.369 e. The van der Waals surface area contributed by atoms with Gasteiger partial charge in [0.05, 0.1) is 10.7 Å². The fourth-order valence-electron chi connectivity index (χ4n) is 4.31. The zero-order chi connectivity index (χ0) is 19.2. The smallest absolute Gasteiger partial charge is 0.0639 e. The van der Waals surface area contributed by atoms with Crippen LogP contribution < -0.4 is 9.80 Å². The third-order valence-corrected chi connectivity index (χ3v) is 6.33. The first kappa shape index (κ1) is 19.6. The van der Waals surface area contributed by atoms with Crippen LogP contribution >= 0.6 is 11.6 Å². The zero-order valence-electron chi connectivity index (χ0n) is 16.6. The maximum absolute atomic E-state index is 6.35. The molecule has 0 atom stereocenters. The highest BCUT2D eigenvalue weighted by molar-refractivity contribution is 6.33. The van der Waals surface area contributed by atoms with Crippen molar-refractivity contribution in [1.82, 2.24) is 9.80 Å². The van der Waals surface area contributed by atoms with Crippen LogP contribution in [0.5, 0.6) is 0 Å². The van der Waals surface area contributed by atoms with E-state index in [1.54, 1.807) is 0 Å². The molecule has 2 aliphatic heterocycles. The van der Waals surface area contributed by atoms with E-state index in [1.807, 2.05) is 12.1 Å². The molecule has 2 aromatic rings. The molecule has 28 heavy (non-hydrogen) atoms. The summed E-state index contributed by atoms with van der Waals surface area (Å²) < 4.78 is 0. The molecule has 0 saturated carbocycles. The molecule has 150 valence electrons. The third-order valence-electron chi connectivity index (χ3n) is 6.01. The van der Waals surface area contributed by atoms with Crippen molar-refractivity contribution in [2.45, 2.75) is 6.42 Å². The average Bonchev–Trinajstić information content (AvgIpc) is 2.76. The standard InChI is InChI=1S/C23H31ClN4/c24-22-9-4-5-10-23(22)28-19-15-26(16-20-28)12-6-11-25-13-17-27(18-14-25)21-7-2-1-3-8-21/h1-5,7-10H,6,11-20H2. The molecular formula is C23H31ClN4. The summed E-state index contributed by atoms with van der Waals surface area (Å²) in [5.74, 6) is 0. The predicted octanol–water partition coefficient (Wildman–Crippen LogP) is 3.67. The van der Waals surface area contributed by atoms with E-state index in [-0.39, 0.29) is 0 Å². The van der Waals surface area contributed by atoms with Gasteiger partial charge in [-0.2, -0.15) is 0 Å². The van der Waals surface area contributed by atoms with Crippen LogP contribution in [0.1, 0.15) is 6.42 Å². The van der Waals surface area contributed by atoms with Crippen molar-refractivity contribution in [3.63, 3.8) is 0 Å². The fourth-order valence-corrected chi connectivity index (χ4v) is 4.56. The van der Waals surface area contributed by atoms with Crippen molar-refractivity contribution >= 4 is 23.0 Å². The topological polar surface area (TPSA) is 13.0 Å². The second-order valence-electron chi connectivity index (χ2n) is 7.80. The predicted molar refractivity (Wildman–Crippen MR) is 120 cm³/mol. The minimum atomic E-state index is 0.866. The summed E-state index contributed by atoms with van der Waals surface area (Å²) in [6, 6.07) is 19.0. The van der Waals surface area contributed by atoms with Crippen LogP contribution in [0.3, 0.4) is 0 Å². The first-order valence-electron chi connectivity index (χ1n) is 10.5. The molecule has 2 saturated heterocycles. The SMILES string of the molecule is Clc1ccccc1N1CCN(CCCN2CCN(c3ccccc3)CC2)CC1. The number of anilines is 2. The molecule has 0 radical (unpaired) electrons. The summed E-state index contributed by atoms with van der Waals surface area (Å²) in [6.45, 7) is 11.5. The van der Waals surface area contributed by atoms with Gasteiger partial charge in [-0.3, -0.25) is 9.80 Å². The Labute approximate surface area is 174 Å². The maximum atomic E-state index is 6.35. The van der Waals surface area contributed by atoms with Gasteiger partial charge in [0.15, 0.2) is 0 Å². The largest absolute Gasteiger partial charge is 0.369 e. The molecule has 2 fully saturated rings. The Morgan fingerprint density at radius 1 is 0.607 bits per heavy atom. The van der Waals surface area contributed by atoms with Crippen LogP contribution in [0, 0.1) is 0 Å². The van der Waals surface area contributed by atoms with Crippen molar-refractivity contribution in [2.24, 2.45) is 0 Å². The van der Waals surface area contributed by atoms with Gasteiger partial charge in [-0.1, -0.05) is 41.9 Å². The second kappa shape index (κ2) is 9.64. The molecule has 4 nitrogen and oxygen atoms in total. The van der Waals surface area contributed by atoms with E-state index in [1.165, 1.54) is 44.0 Å². The van der Waals surface area contributed by atoms with E-state index in [0.29, 0.717) is 0 Å². The molecule has 2 aromatic carbocycles. The number of hydrogen-bond acceptors (Lipinski definition) is 4. The van der Waals surface area contributed by atoms with Crippen molar-refractivity contribution < 1.29 is 0 Å². The summed E-state index contributed by atoms with van der Waals surface area (Å²) in [4.78, 5) is 10.2. The van der Waals surface area contributed by atoms with Crippen LogP contribution in [-0.2, 0) is 0 Å². The Hall–Kier alpha value is -1.75. The van der Waals surface area contributed by atoms with E-state index in [2.05, 4.69) is 62.1 Å². The van der Waals surface area contributed by atoms with Gasteiger partial charge in [0.1, 0.15) is 0 Å². The summed E-state index contributed by atoms with van der Waals surface area (Å²) in [7, 11) is 0. The van der Waals surface area contributed by atoms with E-state index in [9.17, 15) is 0 Å². The normalized spacial score (nSPS) is 19.2. The van der Waals surface area contributed by atoms with Gasteiger partial charge in [-0.15, -0.1) is 0 Å². The second-order valence-corrected chi connectivity index (χ2v) is 8.21. The number of para-hydroxylation sites is 2. The highest BCUT2D eigenvalue weighted by Gasteiger charge is 2.20. The summed E-state index contributed by atoms with van der Waals surface area (Å²) in [6.07, 6.45) is 1.26. The molecule has 5 heteroatoms. The highest BCUT2D eigenvalue weighted by atomic mass is 35.5. The number of nitrogens with zero attached hydrogens (tertiary/aromatic N) is 4. The average molecular weight is 399 g/mol. The number of piperazine rings is 2. The lowest BCUT2D eigenvalue weighted by Crippen LogP contribution is -2.48. The van der Waals surface area contributed by atoms with E-state index in [4.69, 9.17) is 11.6 Å². The first-order valence-corrected chi connectivity index (χ1v) is 10.9. The van der Waals surface area contributed by atoms with Crippen molar-refractivity contribution in [1.29, 1.82) is 0 Å². The lowest BCUT2D eigenvalue weighted by atomic mass is 10.2.